The second-order valence-corrected chi connectivity index (χ2v) is 7.19. The van der Waals surface area contributed by atoms with Gasteiger partial charge in [-0.3, -0.25) is 14.7 Å². The number of rotatable bonds is 5. The van der Waals surface area contributed by atoms with Crippen LogP contribution in [0, 0.1) is 12.7 Å². The smallest absolute Gasteiger partial charge is 0.241 e. The summed E-state index contributed by atoms with van der Waals surface area (Å²) in [4.78, 5) is 18.7. The molecule has 27 heavy (non-hydrogen) atoms. The molecule has 1 aliphatic rings. The highest BCUT2D eigenvalue weighted by Crippen LogP contribution is 2.25. The monoisotopic (exact) mass is 391 g/mol. The van der Waals surface area contributed by atoms with Crippen LogP contribution in [0.3, 0.4) is 0 Å². The van der Waals surface area contributed by atoms with Crippen LogP contribution in [0.25, 0.3) is 0 Å². The minimum atomic E-state index is -0.433. The lowest BCUT2D eigenvalue weighted by Gasteiger charge is -2.35. The number of aryl methyl sites for hydroxylation is 1. The molecule has 1 unspecified atom stereocenters. The third-order valence-corrected chi connectivity index (χ3v) is 5.17. The molecule has 1 aromatic heterocycles. The number of nitrogens with one attached hydrogen (secondary N) is 1. The van der Waals surface area contributed by atoms with Crippen LogP contribution in [0.5, 0.6) is 5.75 Å². The second-order valence-electron chi connectivity index (χ2n) is 6.78. The molecular weight excluding hydrogens is 369 g/mol. The quantitative estimate of drug-likeness (QED) is 0.835. The standard InChI is InChI=1S/C20H23ClFN3O2/c1-13-12-23-8-5-19(13)27-16-6-9-25(10-7-16)14(2)20(26)24-18-4-3-15(22)11-17(18)21/h3-5,8,11-12,14,16H,6-7,9-10H2,1-2H3,(H,24,26). The van der Waals surface area contributed by atoms with Crippen molar-refractivity contribution in [2.45, 2.75) is 38.8 Å². The highest BCUT2D eigenvalue weighted by atomic mass is 35.5. The maximum Gasteiger partial charge on any atom is 0.241 e. The van der Waals surface area contributed by atoms with E-state index in [-0.39, 0.29) is 23.1 Å². The van der Waals surface area contributed by atoms with Gasteiger partial charge in [-0.2, -0.15) is 0 Å². The van der Waals surface area contributed by atoms with Gasteiger partial charge in [-0.05, 0) is 51.0 Å². The van der Waals surface area contributed by atoms with Gasteiger partial charge in [0.25, 0.3) is 0 Å². The molecule has 1 aliphatic heterocycles. The first-order valence-electron chi connectivity index (χ1n) is 9.01. The SMILES string of the molecule is Cc1cnccc1OC1CCN(C(C)C(=O)Nc2ccc(F)cc2Cl)CC1. The molecule has 2 aromatic rings. The molecule has 1 saturated heterocycles. The Hall–Kier alpha value is -2.18. The van der Waals surface area contributed by atoms with Crippen LogP contribution in [0.1, 0.15) is 25.3 Å². The van der Waals surface area contributed by atoms with Crippen molar-refractivity contribution in [3.05, 3.63) is 53.1 Å². The summed E-state index contributed by atoms with van der Waals surface area (Å²) in [6, 6.07) is 5.50. The average molecular weight is 392 g/mol. The summed E-state index contributed by atoms with van der Waals surface area (Å²) in [5, 5.41) is 2.97. The molecule has 1 N–H and O–H groups in total. The maximum absolute atomic E-state index is 13.1. The van der Waals surface area contributed by atoms with Gasteiger partial charge in [-0.25, -0.2) is 4.39 Å². The molecule has 0 bridgehead atoms. The van der Waals surface area contributed by atoms with Crippen molar-refractivity contribution >= 4 is 23.2 Å². The predicted molar refractivity (Wildman–Crippen MR) is 104 cm³/mol. The Balaban J connectivity index is 1.52. The Morgan fingerprint density at radius 1 is 1.37 bits per heavy atom. The first-order chi connectivity index (χ1) is 12.9. The van der Waals surface area contributed by atoms with Crippen molar-refractivity contribution in [2.75, 3.05) is 18.4 Å². The van der Waals surface area contributed by atoms with Crippen molar-refractivity contribution in [2.24, 2.45) is 0 Å². The van der Waals surface area contributed by atoms with E-state index in [4.69, 9.17) is 16.3 Å². The largest absolute Gasteiger partial charge is 0.490 e. The van der Waals surface area contributed by atoms with E-state index < -0.39 is 5.82 Å². The lowest BCUT2D eigenvalue weighted by atomic mass is 10.1. The van der Waals surface area contributed by atoms with E-state index in [0.29, 0.717) is 5.69 Å². The number of nitrogens with zero attached hydrogens (tertiary/aromatic N) is 2. The van der Waals surface area contributed by atoms with Crippen molar-refractivity contribution in [3.8, 4) is 5.75 Å². The number of amides is 1. The fourth-order valence-electron chi connectivity index (χ4n) is 3.15. The molecule has 5 nitrogen and oxygen atoms in total. The second kappa shape index (κ2) is 8.67. The van der Waals surface area contributed by atoms with Gasteiger partial charge in [0.15, 0.2) is 0 Å². The van der Waals surface area contributed by atoms with Crippen LogP contribution in [0.2, 0.25) is 5.02 Å². The average Bonchev–Trinajstić information content (AvgIpc) is 2.66. The molecule has 2 heterocycles. The molecule has 0 saturated carbocycles. The number of hydrogen-bond acceptors (Lipinski definition) is 4. The van der Waals surface area contributed by atoms with Gasteiger partial charge in [0.05, 0.1) is 16.8 Å². The van der Waals surface area contributed by atoms with E-state index in [2.05, 4.69) is 15.2 Å². The molecule has 1 amide bonds. The number of aromatic nitrogens is 1. The number of likely N-dealkylation sites (tertiary alicyclic amines) is 1. The lowest BCUT2D eigenvalue weighted by molar-refractivity contribution is -0.121. The van der Waals surface area contributed by atoms with E-state index in [9.17, 15) is 9.18 Å². The Labute approximate surface area is 163 Å². The number of carbonyl (C=O) groups excluding carboxylic acids is 1. The molecule has 1 aromatic carbocycles. The minimum absolute atomic E-state index is 0.129. The van der Waals surface area contributed by atoms with Crippen LogP contribution in [-0.2, 0) is 4.79 Å². The number of anilines is 1. The minimum Gasteiger partial charge on any atom is -0.490 e. The summed E-state index contributed by atoms with van der Waals surface area (Å²) in [5.74, 6) is 0.269. The predicted octanol–water partition coefficient (Wildman–Crippen LogP) is 4.05. The summed E-state index contributed by atoms with van der Waals surface area (Å²) in [6.07, 6.45) is 5.33. The van der Waals surface area contributed by atoms with Crippen LogP contribution in [0.4, 0.5) is 10.1 Å². The van der Waals surface area contributed by atoms with E-state index in [1.165, 1.54) is 18.2 Å². The summed E-state index contributed by atoms with van der Waals surface area (Å²) >= 11 is 5.98. The highest BCUT2D eigenvalue weighted by Gasteiger charge is 2.28. The molecule has 7 heteroatoms. The van der Waals surface area contributed by atoms with Crippen molar-refractivity contribution in [1.29, 1.82) is 0 Å². The number of piperidine rings is 1. The van der Waals surface area contributed by atoms with Gasteiger partial charge in [0.1, 0.15) is 17.7 Å². The summed E-state index contributed by atoms with van der Waals surface area (Å²) in [7, 11) is 0. The highest BCUT2D eigenvalue weighted by molar-refractivity contribution is 6.33. The molecule has 0 spiro atoms. The summed E-state index contributed by atoms with van der Waals surface area (Å²) in [6.45, 7) is 5.37. The van der Waals surface area contributed by atoms with Gasteiger partial charge in [0, 0.05) is 31.0 Å². The van der Waals surface area contributed by atoms with Gasteiger partial charge in [-0.1, -0.05) is 11.6 Å². The Morgan fingerprint density at radius 3 is 2.78 bits per heavy atom. The molecule has 0 aliphatic carbocycles. The fraction of sp³-hybridized carbons (Fsp3) is 0.400. The van der Waals surface area contributed by atoms with E-state index in [1.54, 1.807) is 12.4 Å². The number of halogens is 2. The topological polar surface area (TPSA) is 54.5 Å². The first-order valence-corrected chi connectivity index (χ1v) is 9.39. The van der Waals surface area contributed by atoms with Crippen LogP contribution in [-0.4, -0.2) is 41.0 Å². The number of hydrogen-bond donors (Lipinski definition) is 1. The normalized spacial score (nSPS) is 16.7. The van der Waals surface area contributed by atoms with Gasteiger partial charge in [0.2, 0.25) is 5.91 Å². The Kier molecular flexibility index (Phi) is 6.29. The number of benzene rings is 1. The number of carbonyl (C=O) groups is 1. The third kappa shape index (κ3) is 4.96. The summed E-state index contributed by atoms with van der Waals surface area (Å²) in [5.41, 5.74) is 1.44. The fourth-order valence-corrected chi connectivity index (χ4v) is 3.36. The number of pyridine rings is 1. The number of ether oxygens (including phenoxy) is 1. The Morgan fingerprint density at radius 2 is 2.11 bits per heavy atom. The molecular formula is C20H23ClFN3O2. The third-order valence-electron chi connectivity index (χ3n) is 4.86. The zero-order valence-electron chi connectivity index (χ0n) is 15.4. The van der Waals surface area contributed by atoms with E-state index in [0.717, 1.165) is 37.2 Å². The van der Waals surface area contributed by atoms with Crippen LogP contribution in [0.15, 0.2) is 36.7 Å². The molecule has 3 rings (SSSR count). The first kappa shape index (κ1) is 19.6. The van der Waals surface area contributed by atoms with Crippen molar-refractivity contribution in [3.63, 3.8) is 0 Å². The molecule has 1 fully saturated rings. The van der Waals surface area contributed by atoms with Gasteiger partial charge >= 0.3 is 0 Å². The van der Waals surface area contributed by atoms with Crippen molar-refractivity contribution in [1.82, 2.24) is 9.88 Å². The summed E-state index contributed by atoms with van der Waals surface area (Å²) < 4.78 is 19.2. The van der Waals surface area contributed by atoms with Gasteiger partial charge in [-0.15, -0.1) is 0 Å². The van der Waals surface area contributed by atoms with Gasteiger partial charge < -0.3 is 10.1 Å². The van der Waals surface area contributed by atoms with Crippen molar-refractivity contribution < 1.29 is 13.9 Å². The maximum atomic E-state index is 13.1. The Bertz CT molecular complexity index is 810. The molecule has 0 radical (unpaired) electrons. The molecule has 1 atom stereocenters. The zero-order chi connectivity index (χ0) is 19.4. The van der Waals surface area contributed by atoms with Crippen LogP contribution >= 0.6 is 11.6 Å². The zero-order valence-corrected chi connectivity index (χ0v) is 16.2. The van der Waals surface area contributed by atoms with E-state index in [1.807, 2.05) is 19.9 Å². The van der Waals surface area contributed by atoms with Crippen LogP contribution < -0.4 is 10.1 Å². The van der Waals surface area contributed by atoms with E-state index >= 15 is 0 Å². The lowest BCUT2D eigenvalue weighted by Crippen LogP contribution is -2.47. The molecule has 144 valence electrons.